The van der Waals surface area contributed by atoms with Crippen molar-refractivity contribution in [1.82, 2.24) is 9.97 Å². The van der Waals surface area contributed by atoms with Crippen molar-refractivity contribution in [2.45, 2.75) is 5.88 Å². The van der Waals surface area contributed by atoms with Gasteiger partial charge in [0.25, 0.3) is 0 Å². The van der Waals surface area contributed by atoms with E-state index in [0.29, 0.717) is 28.2 Å². The van der Waals surface area contributed by atoms with Gasteiger partial charge in [0.1, 0.15) is 12.0 Å². The van der Waals surface area contributed by atoms with E-state index in [4.69, 9.17) is 27.6 Å². The van der Waals surface area contributed by atoms with Crippen LogP contribution in [0, 0.1) is 0 Å². The summed E-state index contributed by atoms with van der Waals surface area (Å²) < 4.78 is 5.18. The molecule has 0 saturated carbocycles. The molecule has 2 heterocycles. The molecule has 2 rings (SSSR count). The van der Waals surface area contributed by atoms with Gasteiger partial charge in [-0.15, -0.1) is 11.6 Å². The fraction of sp³-hybridized carbons (Fsp3) is 0.111. The van der Waals surface area contributed by atoms with E-state index in [-0.39, 0.29) is 0 Å². The third kappa shape index (κ3) is 1.89. The van der Waals surface area contributed by atoms with Gasteiger partial charge in [-0.3, -0.25) is 0 Å². The maximum atomic E-state index is 5.70. The minimum atomic E-state index is 0.330. The fourth-order valence-electron chi connectivity index (χ4n) is 0.988. The molecule has 0 aliphatic carbocycles. The second-order valence-electron chi connectivity index (χ2n) is 2.64. The molecule has 72 valence electrons. The Hall–Kier alpha value is -1.06. The zero-order valence-corrected chi connectivity index (χ0v) is 8.59. The number of alkyl halides is 1. The van der Waals surface area contributed by atoms with Gasteiger partial charge < -0.3 is 4.42 Å². The largest absolute Gasteiger partial charge is 0.443 e. The summed E-state index contributed by atoms with van der Waals surface area (Å²) in [5, 5.41) is 0.581. The summed E-state index contributed by atoms with van der Waals surface area (Å²) in [6, 6.07) is 3.47. The number of nitrogens with zero attached hydrogens (tertiary/aromatic N) is 2. The normalized spacial score (nSPS) is 10.4. The molecule has 14 heavy (non-hydrogen) atoms. The monoisotopic (exact) mass is 228 g/mol. The Kier molecular flexibility index (Phi) is 2.70. The number of pyridine rings is 1. The highest BCUT2D eigenvalue weighted by Crippen LogP contribution is 2.18. The molecule has 0 aliphatic heterocycles. The molecule has 0 aromatic carbocycles. The van der Waals surface area contributed by atoms with Crippen molar-refractivity contribution in [3.05, 3.63) is 35.3 Å². The lowest BCUT2D eigenvalue weighted by Gasteiger charge is -1.93. The van der Waals surface area contributed by atoms with Crippen molar-refractivity contribution >= 4 is 23.2 Å². The standard InChI is InChI=1S/C9H6Cl2N2O/c10-3-7-5-14-9(13-7)8-2-1-6(11)4-12-8/h1-2,4-5H,3H2. The Morgan fingerprint density at radius 1 is 1.36 bits per heavy atom. The van der Waals surface area contributed by atoms with Crippen LogP contribution in [0.25, 0.3) is 11.6 Å². The van der Waals surface area contributed by atoms with E-state index in [0.717, 1.165) is 0 Å². The summed E-state index contributed by atoms with van der Waals surface area (Å²) in [6.07, 6.45) is 3.06. The molecule has 0 radical (unpaired) electrons. The van der Waals surface area contributed by atoms with Crippen LogP contribution in [0.3, 0.4) is 0 Å². The molecule has 0 spiro atoms. The van der Waals surface area contributed by atoms with Crippen molar-refractivity contribution in [2.24, 2.45) is 0 Å². The third-order valence-electron chi connectivity index (χ3n) is 1.64. The van der Waals surface area contributed by atoms with Crippen LogP contribution in [0.5, 0.6) is 0 Å². The van der Waals surface area contributed by atoms with Crippen LogP contribution >= 0.6 is 23.2 Å². The molecule has 0 atom stereocenters. The smallest absolute Gasteiger partial charge is 0.245 e. The Balaban J connectivity index is 2.34. The first-order valence-corrected chi connectivity index (χ1v) is 4.83. The van der Waals surface area contributed by atoms with Crippen molar-refractivity contribution in [2.75, 3.05) is 0 Å². The van der Waals surface area contributed by atoms with E-state index in [2.05, 4.69) is 9.97 Å². The molecular weight excluding hydrogens is 223 g/mol. The molecule has 0 fully saturated rings. The van der Waals surface area contributed by atoms with Crippen molar-refractivity contribution < 1.29 is 4.42 Å². The van der Waals surface area contributed by atoms with Crippen LogP contribution in [0.2, 0.25) is 5.02 Å². The molecule has 0 amide bonds. The Bertz CT molecular complexity index is 425. The number of rotatable bonds is 2. The third-order valence-corrected chi connectivity index (χ3v) is 2.13. The topological polar surface area (TPSA) is 38.9 Å². The second-order valence-corrected chi connectivity index (χ2v) is 3.34. The zero-order chi connectivity index (χ0) is 9.97. The quantitative estimate of drug-likeness (QED) is 0.742. The number of hydrogen-bond donors (Lipinski definition) is 0. The Morgan fingerprint density at radius 3 is 2.79 bits per heavy atom. The highest BCUT2D eigenvalue weighted by Gasteiger charge is 2.06. The molecule has 2 aromatic heterocycles. The van der Waals surface area contributed by atoms with Gasteiger partial charge in [-0.25, -0.2) is 9.97 Å². The lowest BCUT2D eigenvalue weighted by atomic mass is 10.3. The summed E-state index contributed by atoms with van der Waals surface area (Å²) in [6.45, 7) is 0. The van der Waals surface area contributed by atoms with Gasteiger partial charge >= 0.3 is 0 Å². The molecule has 5 heteroatoms. The average Bonchev–Trinajstić information content (AvgIpc) is 2.67. The zero-order valence-electron chi connectivity index (χ0n) is 7.08. The van der Waals surface area contributed by atoms with Gasteiger partial charge in [-0.1, -0.05) is 11.6 Å². The molecule has 0 bridgehead atoms. The highest BCUT2D eigenvalue weighted by molar-refractivity contribution is 6.30. The van der Waals surface area contributed by atoms with E-state index in [1.54, 1.807) is 18.3 Å². The maximum Gasteiger partial charge on any atom is 0.245 e. The van der Waals surface area contributed by atoms with Gasteiger partial charge in [0.05, 0.1) is 16.6 Å². The van der Waals surface area contributed by atoms with Crippen LogP contribution in [-0.4, -0.2) is 9.97 Å². The van der Waals surface area contributed by atoms with Gasteiger partial charge in [-0.2, -0.15) is 0 Å². The molecule has 2 aromatic rings. The molecule has 0 saturated heterocycles. The SMILES string of the molecule is ClCc1coc(-c2ccc(Cl)cn2)n1. The molecule has 0 aliphatic rings. The number of aromatic nitrogens is 2. The lowest BCUT2D eigenvalue weighted by molar-refractivity contribution is 0.571. The van der Waals surface area contributed by atoms with Crippen LogP contribution < -0.4 is 0 Å². The predicted octanol–water partition coefficient (Wildman–Crippen LogP) is 3.13. The Morgan fingerprint density at radius 2 is 2.21 bits per heavy atom. The molecular formula is C9H6Cl2N2O. The summed E-state index contributed by atoms with van der Waals surface area (Å²) >= 11 is 11.3. The van der Waals surface area contributed by atoms with Gasteiger partial charge in [0.2, 0.25) is 5.89 Å². The van der Waals surface area contributed by atoms with Crippen LogP contribution in [0.4, 0.5) is 0 Å². The number of halogens is 2. The molecule has 0 N–H and O–H groups in total. The van der Waals surface area contributed by atoms with Crippen LogP contribution in [0.1, 0.15) is 5.69 Å². The maximum absolute atomic E-state index is 5.70. The fourth-order valence-corrected chi connectivity index (χ4v) is 1.22. The average molecular weight is 229 g/mol. The van der Waals surface area contributed by atoms with Crippen LogP contribution in [-0.2, 0) is 5.88 Å². The summed E-state index contributed by atoms with van der Waals surface area (Å²) in [4.78, 5) is 8.19. The van der Waals surface area contributed by atoms with Gasteiger partial charge in [-0.05, 0) is 12.1 Å². The second kappa shape index (κ2) is 3.98. The van der Waals surface area contributed by atoms with E-state index in [9.17, 15) is 0 Å². The van der Waals surface area contributed by atoms with E-state index >= 15 is 0 Å². The Labute approximate surface area is 90.7 Å². The molecule has 3 nitrogen and oxygen atoms in total. The summed E-state index contributed by atoms with van der Waals surface area (Å²) in [7, 11) is 0. The first-order valence-electron chi connectivity index (χ1n) is 3.92. The van der Waals surface area contributed by atoms with Crippen molar-refractivity contribution in [3.8, 4) is 11.6 Å². The van der Waals surface area contributed by atoms with Gasteiger partial charge in [0, 0.05) is 6.20 Å². The predicted molar refractivity (Wildman–Crippen MR) is 54.3 cm³/mol. The van der Waals surface area contributed by atoms with E-state index < -0.39 is 0 Å². The van der Waals surface area contributed by atoms with E-state index in [1.165, 1.54) is 6.26 Å². The summed E-state index contributed by atoms with van der Waals surface area (Å²) in [5.41, 5.74) is 1.34. The van der Waals surface area contributed by atoms with Crippen molar-refractivity contribution in [1.29, 1.82) is 0 Å². The minimum Gasteiger partial charge on any atom is -0.443 e. The first-order chi connectivity index (χ1) is 6.79. The van der Waals surface area contributed by atoms with E-state index in [1.807, 2.05) is 0 Å². The molecule has 0 unspecified atom stereocenters. The summed E-state index contributed by atoms with van der Waals surface area (Å²) in [5.74, 6) is 0.786. The highest BCUT2D eigenvalue weighted by atomic mass is 35.5. The number of hydrogen-bond acceptors (Lipinski definition) is 3. The lowest BCUT2D eigenvalue weighted by Crippen LogP contribution is -1.83. The number of oxazole rings is 1. The minimum absolute atomic E-state index is 0.330. The van der Waals surface area contributed by atoms with Crippen molar-refractivity contribution in [3.63, 3.8) is 0 Å². The van der Waals surface area contributed by atoms with Crippen LogP contribution in [0.15, 0.2) is 29.0 Å². The van der Waals surface area contributed by atoms with Gasteiger partial charge in [0.15, 0.2) is 0 Å². The first kappa shape index (κ1) is 9.49.